The number of amides is 3. The average molecular weight is 370 g/mol. The molecule has 0 bridgehead atoms. The summed E-state index contributed by atoms with van der Waals surface area (Å²) in [5.41, 5.74) is 1.61. The molecule has 0 aliphatic carbocycles. The fourth-order valence-corrected chi connectivity index (χ4v) is 2.55. The quantitative estimate of drug-likeness (QED) is 0.547. The van der Waals surface area contributed by atoms with E-state index in [9.17, 15) is 18.0 Å². The summed E-state index contributed by atoms with van der Waals surface area (Å²) in [5.74, 6) is -0.0753. The Kier molecular flexibility index (Phi) is 7.85. The summed E-state index contributed by atoms with van der Waals surface area (Å²) < 4.78 is 24.8. The van der Waals surface area contributed by atoms with Gasteiger partial charge in [0.25, 0.3) is 5.91 Å². The van der Waals surface area contributed by atoms with Crippen LogP contribution in [0.25, 0.3) is 0 Å². The molecule has 0 spiro atoms. The van der Waals surface area contributed by atoms with Crippen LogP contribution in [0.2, 0.25) is 0 Å². The van der Waals surface area contributed by atoms with Crippen molar-refractivity contribution in [2.75, 3.05) is 31.2 Å². The monoisotopic (exact) mass is 370 g/mol. The molecule has 3 amide bonds. The summed E-state index contributed by atoms with van der Waals surface area (Å²) >= 11 is 0. The van der Waals surface area contributed by atoms with Crippen LogP contribution < -0.4 is 20.7 Å². The molecule has 0 atom stereocenters. The minimum absolute atomic E-state index is 0.0252. The predicted molar refractivity (Wildman–Crippen MR) is 98.2 cm³/mol. The molecule has 0 heterocycles. The van der Waals surface area contributed by atoms with Crippen molar-refractivity contribution in [2.45, 2.75) is 20.8 Å². The number of urea groups is 1. The highest BCUT2D eigenvalue weighted by Crippen LogP contribution is 2.19. The molecule has 9 heteroatoms. The Morgan fingerprint density at radius 1 is 1.16 bits per heavy atom. The van der Waals surface area contributed by atoms with Crippen LogP contribution in [0.15, 0.2) is 18.2 Å². The smallest absolute Gasteiger partial charge is 0.319 e. The Morgan fingerprint density at radius 2 is 1.84 bits per heavy atom. The number of hydrogen-bond donors (Lipinski definition) is 4. The SMILES string of the molecule is CNS(=O)(=O)CCNC(=O)Nc1cccc(C(=O)NCC(C)C)c1C. The number of carbonyl (C=O) groups is 2. The number of carbonyl (C=O) groups excluding carboxylic acids is 2. The maximum absolute atomic E-state index is 12.2. The van der Waals surface area contributed by atoms with Gasteiger partial charge < -0.3 is 16.0 Å². The lowest BCUT2D eigenvalue weighted by molar-refractivity contribution is 0.0948. The van der Waals surface area contributed by atoms with Gasteiger partial charge in [0.1, 0.15) is 0 Å². The molecule has 4 N–H and O–H groups in total. The predicted octanol–water partition coefficient (Wildman–Crippen LogP) is 1.05. The highest BCUT2D eigenvalue weighted by Gasteiger charge is 2.14. The minimum atomic E-state index is -3.37. The average Bonchev–Trinajstić information content (AvgIpc) is 2.54. The van der Waals surface area contributed by atoms with E-state index >= 15 is 0 Å². The van der Waals surface area contributed by atoms with Crippen LogP contribution in [0, 0.1) is 12.8 Å². The molecule has 1 rings (SSSR count). The summed E-state index contributed by atoms with van der Waals surface area (Å²) in [6.07, 6.45) is 0. The molecule has 0 saturated carbocycles. The van der Waals surface area contributed by atoms with Gasteiger partial charge in [0, 0.05) is 24.3 Å². The number of sulfonamides is 1. The summed E-state index contributed by atoms with van der Waals surface area (Å²) in [4.78, 5) is 24.1. The molecule has 0 aliphatic heterocycles. The molecule has 0 unspecified atom stereocenters. The van der Waals surface area contributed by atoms with Crippen molar-refractivity contribution < 1.29 is 18.0 Å². The van der Waals surface area contributed by atoms with Crippen LogP contribution in [-0.2, 0) is 10.0 Å². The van der Waals surface area contributed by atoms with Crippen LogP contribution in [0.5, 0.6) is 0 Å². The van der Waals surface area contributed by atoms with Gasteiger partial charge in [-0.1, -0.05) is 19.9 Å². The van der Waals surface area contributed by atoms with E-state index in [-0.39, 0.29) is 18.2 Å². The maximum Gasteiger partial charge on any atom is 0.319 e. The van der Waals surface area contributed by atoms with Crippen molar-refractivity contribution in [2.24, 2.45) is 5.92 Å². The lowest BCUT2D eigenvalue weighted by Gasteiger charge is -2.14. The van der Waals surface area contributed by atoms with Crippen LogP contribution >= 0.6 is 0 Å². The number of anilines is 1. The third-order valence-corrected chi connectivity index (χ3v) is 4.83. The van der Waals surface area contributed by atoms with Crippen LogP contribution in [0.4, 0.5) is 10.5 Å². The Labute approximate surface area is 148 Å². The number of nitrogens with one attached hydrogen (secondary N) is 4. The second-order valence-corrected chi connectivity index (χ2v) is 8.03. The Bertz CT molecular complexity index is 717. The molecule has 0 fully saturated rings. The molecule has 8 nitrogen and oxygen atoms in total. The highest BCUT2D eigenvalue weighted by atomic mass is 32.2. The molecular weight excluding hydrogens is 344 g/mol. The first kappa shape index (κ1) is 20.9. The zero-order valence-corrected chi connectivity index (χ0v) is 15.8. The van der Waals surface area contributed by atoms with Crippen molar-refractivity contribution in [3.63, 3.8) is 0 Å². The van der Waals surface area contributed by atoms with Gasteiger partial charge >= 0.3 is 6.03 Å². The summed E-state index contributed by atoms with van der Waals surface area (Å²) in [6, 6.07) is 4.51. The van der Waals surface area contributed by atoms with Crippen molar-refractivity contribution in [3.05, 3.63) is 29.3 Å². The highest BCUT2D eigenvalue weighted by molar-refractivity contribution is 7.89. The Balaban J connectivity index is 2.69. The van der Waals surface area contributed by atoms with Crippen LogP contribution in [0.3, 0.4) is 0 Å². The third-order valence-electron chi connectivity index (χ3n) is 3.46. The fourth-order valence-electron chi connectivity index (χ4n) is 1.98. The van der Waals surface area contributed by atoms with Crippen molar-refractivity contribution >= 4 is 27.6 Å². The fraction of sp³-hybridized carbons (Fsp3) is 0.500. The third kappa shape index (κ3) is 7.10. The lowest BCUT2D eigenvalue weighted by atomic mass is 10.1. The van der Waals surface area contributed by atoms with Crippen molar-refractivity contribution in [1.29, 1.82) is 0 Å². The molecule has 0 saturated heterocycles. The molecule has 0 radical (unpaired) electrons. The van der Waals surface area contributed by atoms with Gasteiger partial charge in [-0.25, -0.2) is 17.9 Å². The van der Waals surface area contributed by atoms with E-state index in [1.807, 2.05) is 13.8 Å². The topological polar surface area (TPSA) is 116 Å². The van der Waals surface area contributed by atoms with E-state index in [1.54, 1.807) is 25.1 Å². The van der Waals surface area contributed by atoms with E-state index in [1.165, 1.54) is 7.05 Å². The molecule has 0 aromatic heterocycles. The van der Waals surface area contributed by atoms with Gasteiger partial charge in [-0.15, -0.1) is 0 Å². The Morgan fingerprint density at radius 3 is 2.44 bits per heavy atom. The van der Waals surface area contributed by atoms with Gasteiger partial charge in [-0.3, -0.25) is 4.79 Å². The van der Waals surface area contributed by atoms with Gasteiger partial charge in [-0.05, 0) is 37.6 Å². The first-order valence-corrected chi connectivity index (χ1v) is 9.65. The van der Waals surface area contributed by atoms with Crippen molar-refractivity contribution in [3.8, 4) is 0 Å². The molecule has 0 aliphatic rings. The summed E-state index contributed by atoms with van der Waals surface area (Å²) in [7, 11) is -2.06. The van der Waals surface area contributed by atoms with Gasteiger partial charge in [0.2, 0.25) is 10.0 Å². The second kappa shape index (κ2) is 9.38. The first-order chi connectivity index (χ1) is 11.7. The summed E-state index contributed by atoms with van der Waals surface area (Å²) in [5, 5.41) is 7.93. The van der Waals surface area contributed by atoms with E-state index in [0.29, 0.717) is 29.3 Å². The van der Waals surface area contributed by atoms with E-state index in [0.717, 1.165) is 0 Å². The van der Waals surface area contributed by atoms with Gasteiger partial charge in [-0.2, -0.15) is 0 Å². The molecule has 140 valence electrons. The normalized spacial score (nSPS) is 11.2. The van der Waals surface area contributed by atoms with Crippen LogP contribution in [0.1, 0.15) is 29.8 Å². The largest absolute Gasteiger partial charge is 0.352 e. The van der Waals surface area contributed by atoms with Gasteiger partial charge in [0.15, 0.2) is 0 Å². The van der Waals surface area contributed by atoms with Gasteiger partial charge in [0.05, 0.1) is 5.75 Å². The number of hydrogen-bond acceptors (Lipinski definition) is 4. The van der Waals surface area contributed by atoms with E-state index in [2.05, 4.69) is 20.7 Å². The Hall–Kier alpha value is -2.13. The molecule has 1 aromatic rings. The lowest BCUT2D eigenvalue weighted by Crippen LogP contribution is -2.35. The van der Waals surface area contributed by atoms with E-state index < -0.39 is 16.1 Å². The second-order valence-electron chi connectivity index (χ2n) is 5.99. The van der Waals surface area contributed by atoms with Crippen LogP contribution in [-0.4, -0.2) is 46.2 Å². The molecular formula is C16H26N4O4S. The maximum atomic E-state index is 12.2. The standard InChI is InChI=1S/C16H26N4O4S/c1-11(2)10-19-15(21)13-6-5-7-14(12(13)3)20-16(22)18-8-9-25(23,24)17-4/h5-7,11,17H,8-10H2,1-4H3,(H,19,21)(H2,18,20,22). The first-order valence-electron chi connectivity index (χ1n) is 8.00. The summed E-state index contributed by atoms with van der Waals surface area (Å²) in [6.45, 7) is 6.29. The minimum Gasteiger partial charge on any atom is -0.352 e. The van der Waals surface area contributed by atoms with Crippen molar-refractivity contribution in [1.82, 2.24) is 15.4 Å². The number of rotatable bonds is 8. The molecule has 25 heavy (non-hydrogen) atoms. The zero-order chi connectivity index (χ0) is 19.0. The van der Waals surface area contributed by atoms with E-state index in [4.69, 9.17) is 0 Å². The zero-order valence-electron chi connectivity index (χ0n) is 15.0. The molecule has 1 aromatic carbocycles. The number of benzene rings is 1.